The molecule has 2 fully saturated rings. The molecule has 0 radical (unpaired) electrons. The molecule has 0 unspecified atom stereocenters. The summed E-state index contributed by atoms with van der Waals surface area (Å²) in [5.74, 6) is 0. The largest absolute Gasteiger partial charge is 0.389 e. The fraction of sp³-hybridized carbons (Fsp3) is 1.00. The highest BCUT2D eigenvalue weighted by atomic mass is 79.9. The van der Waals surface area contributed by atoms with Gasteiger partial charge < -0.3 is 15.2 Å². The Balaban J connectivity index is 2.09. The van der Waals surface area contributed by atoms with E-state index >= 15 is 0 Å². The van der Waals surface area contributed by atoms with Gasteiger partial charge in [-0.15, -0.1) is 0 Å². The number of aliphatic hydroxyl groups excluding tert-OH is 1. The van der Waals surface area contributed by atoms with Gasteiger partial charge in [0.2, 0.25) is 0 Å². The van der Waals surface area contributed by atoms with Crippen molar-refractivity contribution in [2.24, 2.45) is 0 Å². The number of rotatable bonds is 0. The first-order chi connectivity index (χ1) is 4.79. The van der Waals surface area contributed by atoms with Crippen molar-refractivity contribution in [1.82, 2.24) is 5.32 Å². The Morgan fingerprint density at radius 1 is 1.60 bits per heavy atom. The number of fused-ring (bicyclic) bond motifs is 1. The van der Waals surface area contributed by atoms with Crippen molar-refractivity contribution in [3.05, 3.63) is 0 Å². The zero-order chi connectivity index (χ0) is 7.14. The van der Waals surface area contributed by atoms with Crippen LogP contribution in [0, 0.1) is 0 Å². The Kier molecular flexibility index (Phi) is 1.72. The lowest BCUT2D eigenvalue weighted by Crippen LogP contribution is -2.36. The second kappa shape index (κ2) is 2.44. The second-order valence-corrected chi connectivity index (χ2v) is 3.99. The fourth-order valence-electron chi connectivity index (χ4n) is 1.58. The van der Waals surface area contributed by atoms with Crippen molar-refractivity contribution in [2.75, 3.05) is 13.2 Å². The summed E-state index contributed by atoms with van der Waals surface area (Å²) in [6, 6.07) is 0.157. The topological polar surface area (TPSA) is 41.5 Å². The van der Waals surface area contributed by atoms with Gasteiger partial charge in [-0.2, -0.15) is 0 Å². The molecule has 2 saturated heterocycles. The molecule has 2 aliphatic rings. The Bertz CT molecular complexity index is 128. The SMILES string of the molecule is O[C@H]1CO[C@H]2[C@@H]1NC[C@@H]2Br. The molecule has 4 heteroatoms. The quantitative estimate of drug-likeness (QED) is 0.526. The summed E-state index contributed by atoms with van der Waals surface area (Å²) in [5.41, 5.74) is 0. The molecule has 10 heavy (non-hydrogen) atoms. The number of hydrogen-bond donors (Lipinski definition) is 2. The molecular weight excluding hydrogens is 198 g/mol. The summed E-state index contributed by atoms with van der Waals surface area (Å²) in [4.78, 5) is 0.370. The first kappa shape index (κ1) is 7.03. The van der Waals surface area contributed by atoms with Crippen molar-refractivity contribution in [3.8, 4) is 0 Å². The minimum atomic E-state index is -0.312. The number of alkyl halides is 1. The standard InChI is InChI=1S/C6H10BrNO2/c7-3-1-8-5-4(9)2-10-6(3)5/h3-6,8-9H,1-2H2/t3-,4-,5+,6+/m0/s1. The van der Waals surface area contributed by atoms with E-state index in [1.54, 1.807) is 0 Å². The number of ether oxygens (including phenoxy) is 1. The third kappa shape index (κ3) is 0.906. The summed E-state index contributed by atoms with van der Waals surface area (Å²) in [6.45, 7) is 1.37. The van der Waals surface area contributed by atoms with Gasteiger partial charge in [-0.25, -0.2) is 0 Å². The van der Waals surface area contributed by atoms with E-state index in [1.165, 1.54) is 0 Å². The van der Waals surface area contributed by atoms with Gasteiger partial charge in [0, 0.05) is 6.54 Å². The van der Waals surface area contributed by atoms with Gasteiger partial charge in [0.05, 0.1) is 29.7 Å². The molecule has 3 nitrogen and oxygen atoms in total. The smallest absolute Gasteiger partial charge is 0.0952 e. The molecule has 2 rings (SSSR count). The van der Waals surface area contributed by atoms with Crippen LogP contribution in [0.15, 0.2) is 0 Å². The Labute approximate surface area is 67.9 Å². The highest BCUT2D eigenvalue weighted by Crippen LogP contribution is 2.26. The third-order valence-electron chi connectivity index (χ3n) is 2.13. The monoisotopic (exact) mass is 207 g/mol. The summed E-state index contributed by atoms with van der Waals surface area (Å²) in [6.07, 6.45) is -0.137. The maximum Gasteiger partial charge on any atom is 0.0952 e. The average Bonchev–Trinajstić information content (AvgIpc) is 2.41. The summed E-state index contributed by atoms with van der Waals surface area (Å²) in [7, 11) is 0. The van der Waals surface area contributed by atoms with Crippen molar-refractivity contribution < 1.29 is 9.84 Å². The van der Waals surface area contributed by atoms with Crippen LogP contribution in [0.5, 0.6) is 0 Å². The minimum Gasteiger partial charge on any atom is -0.389 e. The maximum atomic E-state index is 9.31. The van der Waals surface area contributed by atoms with Crippen LogP contribution in [0.2, 0.25) is 0 Å². The van der Waals surface area contributed by atoms with E-state index in [2.05, 4.69) is 21.2 Å². The normalized spacial score (nSPS) is 53.4. The maximum absolute atomic E-state index is 9.31. The van der Waals surface area contributed by atoms with E-state index in [9.17, 15) is 5.11 Å². The predicted octanol–water partition coefficient (Wildman–Crippen LogP) is -0.519. The Morgan fingerprint density at radius 3 is 3.10 bits per heavy atom. The van der Waals surface area contributed by atoms with Crippen LogP contribution in [-0.2, 0) is 4.74 Å². The van der Waals surface area contributed by atoms with Gasteiger partial charge in [0.25, 0.3) is 0 Å². The molecule has 2 heterocycles. The van der Waals surface area contributed by atoms with E-state index in [0.717, 1.165) is 6.54 Å². The van der Waals surface area contributed by atoms with Gasteiger partial charge in [-0.1, -0.05) is 15.9 Å². The van der Waals surface area contributed by atoms with Crippen LogP contribution in [-0.4, -0.2) is 41.3 Å². The van der Waals surface area contributed by atoms with Crippen molar-refractivity contribution in [1.29, 1.82) is 0 Å². The number of nitrogens with one attached hydrogen (secondary N) is 1. The van der Waals surface area contributed by atoms with E-state index in [4.69, 9.17) is 4.74 Å². The molecule has 0 aliphatic carbocycles. The molecule has 58 valence electrons. The van der Waals surface area contributed by atoms with E-state index in [0.29, 0.717) is 11.4 Å². The molecule has 2 aliphatic heterocycles. The van der Waals surface area contributed by atoms with Gasteiger partial charge >= 0.3 is 0 Å². The Hall–Kier alpha value is 0.360. The van der Waals surface area contributed by atoms with E-state index in [1.807, 2.05) is 0 Å². The minimum absolute atomic E-state index is 0.157. The molecule has 0 aromatic rings. The van der Waals surface area contributed by atoms with Crippen molar-refractivity contribution >= 4 is 15.9 Å². The number of halogens is 1. The molecular formula is C6H10BrNO2. The van der Waals surface area contributed by atoms with Crippen LogP contribution < -0.4 is 5.32 Å². The fourth-order valence-corrected chi connectivity index (χ4v) is 2.25. The molecule has 0 aromatic heterocycles. The highest BCUT2D eigenvalue weighted by molar-refractivity contribution is 9.09. The molecule has 0 aromatic carbocycles. The molecule has 2 N–H and O–H groups in total. The van der Waals surface area contributed by atoms with Crippen LogP contribution in [0.25, 0.3) is 0 Å². The molecule has 4 atom stereocenters. The van der Waals surface area contributed by atoms with Gasteiger partial charge in [-0.05, 0) is 0 Å². The van der Waals surface area contributed by atoms with Crippen molar-refractivity contribution in [3.63, 3.8) is 0 Å². The second-order valence-electron chi connectivity index (χ2n) is 2.82. The predicted molar refractivity (Wildman–Crippen MR) is 40.3 cm³/mol. The molecule has 0 spiro atoms. The summed E-state index contributed by atoms with van der Waals surface area (Å²) >= 11 is 3.47. The Morgan fingerprint density at radius 2 is 2.40 bits per heavy atom. The van der Waals surface area contributed by atoms with Crippen LogP contribution >= 0.6 is 15.9 Å². The molecule has 0 saturated carbocycles. The average molecular weight is 208 g/mol. The zero-order valence-electron chi connectivity index (χ0n) is 5.46. The van der Waals surface area contributed by atoms with E-state index in [-0.39, 0.29) is 18.2 Å². The van der Waals surface area contributed by atoms with Crippen LogP contribution in [0.1, 0.15) is 0 Å². The van der Waals surface area contributed by atoms with Gasteiger partial charge in [-0.3, -0.25) is 0 Å². The van der Waals surface area contributed by atoms with Gasteiger partial charge in [0.1, 0.15) is 0 Å². The van der Waals surface area contributed by atoms with Crippen LogP contribution in [0.3, 0.4) is 0 Å². The number of aliphatic hydroxyl groups is 1. The first-order valence-electron chi connectivity index (χ1n) is 3.46. The van der Waals surface area contributed by atoms with Gasteiger partial charge in [0.15, 0.2) is 0 Å². The van der Waals surface area contributed by atoms with Crippen molar-refractivity contribution in [2.45, 2.75) is 23.1 Å². The molecule has 0 bridgehead atoms. The lowest BCUT2D eigenvalue weighted by Gasteiger charge is -2.10. The molecule has 0 amide bonds. The first-order valence-corrected chi connectivity index (χ1v) is 4.38. The third-order valence-corrected chi connectivity index (χ3v) is 2.98. The lowest BCUT2D eigenvalue weighted by molar-refractivity contribution is 0.0905. The summed E-state index contributed by atoms with van der Waals surface area (Å²) in [5, 5.41) is 12.5. The lowest BCUT2D eigenvalue weighted by atomic mass is 10.1. The number of hydrogen-bond acceptors (Lipinski definition) is 3. The highest BCUT2D eigenvalue weighted by Gasteiger charge is 2.44. The zero-order valence-corrected chi connectivity index (χ0v) is 7.04. The van der Waals surface area contributed by atoms with E-state index < -0.39 is 0 Å². The van der Waals surface area contributed by atoms with Crippen LogP contribution in [0.4, 0.5) is 0 Å². The summed E-state index contributed by atoms with van der Waals surface area (Å²) < 4.78 is 5.34.